The predicted molar refractivity (Wildman–Crippen MR) is 122 cm³/mol. The summed E-state index contributed by atoms with van der Waals surface area (Å²) in [6.45, 7) is 0. The highest BCUT2D eigenvalue weighted by Gasteiger charge is 2.28. The second-order valence-electron chi connectivity index (χ2n) is 6.65. The van der Waals surface area contributed by atoms with E-state index in [-0.39, 0.29) is 17.7 Å². The molecule has 0 aliphatic rings. The Labute approximate surface area is 182 Å². The molecule has 0 atom stereocenters. The number of hydrogen-bond donors (Lipinski definition) is 0. The van der Waals surface area contributed by atoms with Gasteiger partial charge in [-0.25, -0.2) is 4.74 Å². The van der Waals surface area contributed by atoms with Gasteiger partial charge in [0.2, 0.25) is 5.95 Å². The van der Waals surface area contributed by atoms with Gasteiger partial charge in [0, 0.05) is 20.8 Å². The lowest BCUT2D eigenvalue weighted by molar-refractivity contribution is 0.806. The molecule has 11 heteroatoms. The second kappa shape index (κ2) is 8.39. The van der Waals surface area contributed by atoms with E-state index in [0.29, 0.717) is 0 Å². The quantitative estimate of drug-likeness (QED) is 0.179. The fourth-order valence-electron chi connectivity index (χ4n) is 3.47. The summed E-state index contributed by atoms with van der Waals surface area (Å²) in [5, 5.41) is 18.2. The summed E-state index contributed by atoms with van der Waals surface area (Å²) in [6, 6.07) is 30.2. The lowest BCUT2D eigenvalue weighted by Gasteiger charge is -2.26. The highest BCUT2D eigenvalue weighted by Crippen LogP contribution is 2.48. The Bertz CT molecular complexity index is 1370. The van der Waals surface area contributed by atoms with Crippen LogP contribution in [-0.4, -0.2) is 30.0 Å². The third-order valence-electron chi connectivity index (χ3n) is 4.81. The number of nitrogens with zero attached hydrogens (tertiary/aromatic N) is 10. The molecule has 0 amide bonds. The molecule has 0 spiro atoms. The third-order valence-corrected chi connectivity index (χ3v) is 8.42. The molecule has 0 N–H and O–H groups in total. The van der Waals surface area contributed by atoms with E-state index in [2.05, 4.69) is 71.9 Å². The molecule has 2 aromatic heterocycles. The zero-order valence-corrected chi connectivity index (χ0v) is 17.5. The van der Waals surface area contributed by atoms with Crippen LogP contribution in [0.4, 0.5) is 11.9 Å². The number of rotatable bonds is 5. The van der Waals surface area contributed by atoms with Gasteiger partial charge in [-0.05, 0) is 21.1 Å². The van der Waals surface area contributed by atoms with Crippen molar-refractivity contribution in [2.24, 2.45) is 9.86 Å². The molecule has 0 fully saturated rings. The molecule has 154 valence electrons. The SMILES string of the molecule is [N-]=[N+]=Nc1nc(N=P(c2ccccc2)(c2ccccc2)c2ccccc2)n2nnnc2n1. The van der Waals surface area contributed by atoms with Crippen molar-refractivity contribution < 1.29 is 0 Å². The lowest BCUT2D eigenvalue weighted by atomic mass is 10.4. The maximum atomic E-state index is 8.90. The lowest BCUT2D eigenvalue weighted by Crippen LogP contribution is -2.25. The average Bonchev–Trinajstić information content (AvgIpc) is 3.33. The summed E-state index contributed by atoms with van der Waals surface area (Å²) in [5.41, 5.74) is 8.90. The summed E-state index contributed by atoms with van der Waals surface area (Å²) in [4.78, 5) is 11.3. The van der Waals surface area contributed by atoms with Gasteiger partial charge in [0.1, 0.15) is 0 Å². The van der Waals surface area contributed by atoms with Crippen LogP contribution in [0.15, 0.2) is 101 Å². The molecule has 3 aromatic carbocycles. The van der Waals surface area contributed by atoms with Crippen LogP contribution in [0.2, 0.25) is 0 Å². The van der Waals surface area contributed by atoms with Crippen LogP contribution in [0.25, 0.3) is 16.2 Å². The molecule has 0 aliphatic heterocycles. The Balaban J connectivity index is 1.96. The van der Waals surface area contributed by atoms with Crippen molar-refractivity contribution in [1.82, 2.24) is 30.0 Å². The summed E-state index contributed by atoms with van der Waals surface area (Å²) in [6.07, 6.45) is 0. The maximum absolute atomic E-state index is 8.90. The molecule has 0 saturated heterocycles. The maximum Gasteiger partial charge on any atom is 0.278 e. The highest BCUT2D eigenvalue weighted by atomic mass is 31.2. The Hall–Kier alpha value is -4.39. The summed E-state index contributed by atoms with van der Waals surface area (Å²) in [5.74, 6) is 0.251. The normalized spacial score (nSPS) is 11.1. The minimum absolute atomic E-state index is 0.0964. The number of fused-ring (bicyclic) bond motifs is 1. The molecule has 2 heterocycles. The fraction of sp³-hybridized carbons (Fsp3) is 0. The van der Waals surface area contributed by atoms with Gasteiger partial charge in [0.15, 0.2) is 0 Å². The van der Waals surface area contributed by atoms with Crippen molar-refractivity contribution in [3.05, 3.63) is 101 Å². The highest BCUT2D eigenvalue weighted by molar-refractivity contribution is 7.87. The van der Waals surface area contributed by atoms with Gasteiger partial charge in [-0.1, -0.05) is 96.1 Å². The first-order valence-corrected chi connectivity index (χ1v) is 11.4. The minimum atomic E-state index is -2.61. The van der Waals surface area contributed by atoms with E-state index in [0.717, 1.165) is 15.9 Å². The van der Waals surface area contributed by atoms with Crippen LogP contribution < -0.4 is 15.9 Å². The van der Waals surface area contributed by atoms with Crippen molar-refractivity contribution in [2.45, 2.75) is 0 Å². The first-order chi connectivity index (χ1) is 15.8. The van der Waals surface area contributed by atoms with Gasteiger partial charge in [-0.15, -0.1) is 4.52 Å². The van der Waals surface area contributed by atoms with Crippen molar-refractivity contribution in [1.29, 1.82) is 0 Å². The van der Waals surface area contributed by atoms with Gasteiger partial charge in [-0.3, -0.25) is 0 Å². The molecule has 5 rings (SSSR count). The number of benzene rings is 3. The molecule has 0 bridgehead atoms. The van der Waals surface area contributed by atoms with Gasteiger partial charge in [0.05, 0.1) is 7.05 Å². The van der Waals surface area contributed by atoms with E-state index in [1.54, 1.807) is 0 Å². The van der Waals surface area contributed by atoms with E-state index >= 15 is 0 Å². The molecule has 32 heavy (non-hydrogen) atoms. The van der Waals surface area contributed by atoms with Crippen LogP contribution in [-0.2, 0) is 0 Å². The summed E-state index contributed by atoms with van der Waals surface area (Å²) in [7, 11) is -2.61. The van der Waals surface area contributed by atoms with Gasteiger partial charge in [0.25, 0.3) is 11.7 Å². The van der Waals surface area contributed by atoms with Crippen LogP contribution in [0.1, 0.15) is 0 Å². The Morgan fingerprint density at radius 1 is 0.750 bits per heavy atom. The molecule has 0 aliphatic carbocycles. The van der Waals surface area contributed by atoms with Gasteiger partial charge in [-0.2, -0.15) is 9.97 Å². The molecule has 0 saturated carbocycles. The van der Waals surface area contributed by atoms with Crippen LogP contribution >= 0.6 is 7.05 Å². The summed E-state index contributed by atoms with van der Waals surface area (Å²) >= 11 is 0. The molecule has 10 nitrogen and oxygen atoms in total. The Morgan fingerprint density at radius 2 is 1.28 bits per heavy atom. The molecule has 0 unspecified atom stereocenters. The van der Waals surface area contributed by atoms with E-state index in [9.17, 15) is 0 Å². The largest absolute Gasteiger partial charge is 0.278 e. The number of aromatic nitrogens is 6. The zero-order chi connectivity index (χ0) is 21.8. The van der Waals surface area contributed by atoms with Crippen molar-refractivity contribution >= 4 is 40.6 Å². The Morgan fingerprint density at radius 3 is 1.78 bits per heavy atom. The average molecular weight is 438 g/mol. The fourth-order valence-corrected chi connectivity index (χ4v) is 6.92. The van der Waals surface area contributed by atoms with Gasteiger partial charge >= 0.3 is 0 Å². The van der Waals surface area contributed by atoms with Crippen LogP contribution in [0, 0.1) is 0 Å². The first-order valence-electron chi connectivity index (χ1n) is 9.62. The van der Waals surface area contributed by atoms with E-state index in [1.807, 2.05) is 54.6 Å². The Kier molecular flexibility index (Phi) is 5.13. The molecular weight excluding hydrogens is 423 g/mol. The van der Waals surface area contributed by atoms with Crippen LogP contribution in [0.5, 0.6) is 0 Å². The standard InChI is InChI=1S/C21H15N10P/c22-28-25-19-23-20-26-29-30-31(20)21(24-19)27-32(16-10-4-1-5-11-16,17-12-6-2-7-13-17)18-14-8-3-9-15-18/h1-15H. The smallest absolute Gasteiger partial charge is 0.217 e. The molecule has 5 aromatic rings. The van der Waals surface area contributed by atoms with Crippen molar-refractivity contribution in [3.8, 4) is 0 Å². The van der Waals surface area contributed by atoms with Crippen LogP contribution in [0.3, 0.4) is 0 Å². The van der Waals surface area contributed by atoms with Crippen molar-refractivity contribution in [3.63, 3.8) is 0 Å². The number of azide groups is 1. The van der Waals surface area contributed by atoms with Gasteiger partial charge < -0.3 is 0 Å². The second-order valence-corrected chi connectivity index (χ2v) is 9.67. The zero-order valence-electron chi connectivity index (χ0n) is 16.6. The summed E-state index contributed by atoms with van der Waals surface area (Å²) < 4.78 is 6.59. The van der Waals surface area contributed by atoms with E-state index in [4.69, 9.17) is 10.3 Å². The van der Waals surface area contributed by atoms with E-state index in [1.165, 1.54) is 4.52 Å². The minimum Gasteiger partial charge on any atom is -0.217 e. The predicted octanol–water partition coefficient (Wildman–Crippen LogP) is 3.67. The monoisotopic (exact) mass is 438 g/mol. The number of hydrogen-bond acceptors (Lipinski definition) is 7. The van der Waals surface area contributed by atoms with E-state index < -0.39 is 7.05 Å². The third kappa shape index (κ3) is 3.39. The molecule has 0 radical (unpaired) electrons. The van der Waals surface area contributed by atoms with Crippen molar-refractivity contribution in [2.75, 3.05) is 0 Å². The molecular formula is C21H15N10P. The number of tetrazole rings is 1. The topological polar surface area (TPSA) is 130 Å². The first kappa shape index (κ1) is 19.6.